The first-order valence-corrected chi connectivity index (χ1v) is 21.3. The number of rotatable bonds is 2. The van der Waals surface area contributed by atoms with Crippen molar-refractivity contribution in [2.45, 2.75) is 0 Å². The van der Waals surface area contributed by atoms with E-state index in [2.05, 4.69) is 248 Å². The van der Waals surface area contributed by atoms with Crippen LogP contribution in [0.2, 0.25) is 0 Å². The summed E-state index contributed by atoms with van der Waals surface area (Å²) in [6.07, 6.45) is 24.4. The molecule has 0 atom stereocenters. The van der Waals surface area contributed by atoms with E-state index in [1.54, 1.807) is 0 Å². The molecule has 5 nitrogen and oxygen atoms in total. The lowest BCUT2D eigenvalue weighted by Crippen LogP contribution is -2.73. The molecule has 1 saturated heterocycles. The van der Waals surface area contributed by atoms with Crippen LogP contribution >= 0.6 is 0 Å². The van der Waals surface area contributed by atoms with Crippen molar-refractivity contribution >= 4 is 55.3 Å². The average Bonchev–Trinajstić information content (AvgIpc) is 3.67. The second-order valence-electron chi connectivity index (χ2n) is 16.5. The summed E-state index contributed by atoms with van der Waals surface area (Å²) >= 11 is 0. The number of hydrogen-bond acceptors (Lipinski definition) is 4. The zero-order chi connectivity index (χ0) is 40.0. The van der Waals surface area contributed by atoms with E-state index in [9.17, 15) is 0 Å². The van der Waals surface area contributed by atoms with Gasteiger partial charge >= 0.3 is 27.9 Å². The van der Waals surface area contributed by atoms with Gasteiger partial charge in [0.2, 0.25) is 0 Å². The van der Waals surface area contributed by atoms with Gasteiger partial charge in [-0.15, -0.1) is 0 Å². The number of allylic oxidation sites excluding steroid dienone is 8. The molecule has 5 aliphatic heterocycles. The highest BCUT2D eigenvalue weighted by Gasteiger charge is 2.49. The summed E-state index contributed by atoms with van der Waals surface area (Å²) in [5.41, 5.74) is 15.9. The molecular formula is C52H37B4N5. The van der Waals surface area contributed by atoms with Crippen LogP contribution in [0.4, 0.5) is 0 Å². The van der Waals surface area contributed by atoms with Crippen LogP contribution in [0.15, 0.2) is 225 Å². The Morgan fingerprint density at radius 1 is 0.344 bits per heavy atom. The summed E-state index contributed by atoms with van der Waals surface area (Å²) in [6.45, 7) is 0.161. The van der Waals surface area contributed by atoms with Crippen molar-refractivity contribution < 1.29 is 0 Å². The van der Waals surface area contributed by atoms with Crippen molar-refractivity contribution in [1.29, 1.82) is 0 Å². The van der Waals surface area contributed by atoms with E-state index in [0.717, 1.165) is 5.69 Å². The highest BCUT2D eigenvalue weighted by atomic mass is 15.3. The maximum atomic E-state index is 2.53. The fourth-order valence-electron chi connectivity index (χ4n) is 10.6. The SMILES string of the molecule is C1=CB2N(C=C1)B1C=CC=CN1B1C=CC(c3ccc4c(c3)-c3ccccc3-c3ccc(-n5c6ccccc6c6ccccc65)cc3-c3ccccc3-4)=CN1B1C=CC=CN21. The fraction of sp³-hybridized carbons (Fsp3) is 0. The Labute approximate surface area is 357 Å². The van der Waals surface area contributed by atoms with Gasteiger partial charge in [0.15, 0.2) is 0 Å². The predicted molar refractivity (Wildman–Crippen MR) is 258 cm³/mol. The van der Waals surface area contributed by atoms with Crippen molar-refractivity contribution in [2.75, 3.05) is 0 Å². The second kappa shape index (κ2) is 13.5. The zero-order valence-corrected chi connectivity index (χ0v) is 33.4. The number of aromatic nitrogens is 1. The standard InChI is InChI=1S/C52H37B4N5/c1-3-17-43-41(15-1)46-26-24-40(61-51-21-7-5-19-47(51)48-20-6-8-22-52(48)61)36-50(46)44-18-4-2-16-42(44)45-25-23-38(35-49(43)45)39-27-31-56-59-34-13-10-29-54(59)57-32-12-9-28-53(57)58-33-14-11-30-55(58)60(56)37-39/h1-37H. The minimum atomic E-state index is 0.0136. The number of nitrogens with zero attached hydrogens (tertiary/aromatic N) is 5. The first-order chi connectivity index (χ1) is 30.3. The van der Waals surface area contributed by atoms with Crippen molar-refractivity contribution in [3.63, 3.8) is 0 Å². The molecule has 9 heteroatoms. The monoisotopic (exact) mass is 775 g/mol. The van der Waals surface area contributed by atoms with E-state index in [0.29, 0.717) is 0 Å². The van der Waals surface area contributed by atoms with Gasteiger partial charge < -0.3 is 23.5 Å². The maximum absolute atomic E-state index is 2.53. The van der Waals surface area contributed by atoms with Crippen LogP contribution in [0.25, 0.3) is 77.6 Å². The first kappa shape index (κ1) is 34.4. The molecule has 1 fully saturated rings. The van der Waals surface area contributed by atoms with E-state index < -0.39 is 0 Å². The molecule has 61 heavy (non-hydrogen) atoms. The highest BCUT2D eigenvalue weighted by Crippen LogP contribution is 2.49. The van der Waals surface area contributed by atoms with E-state index in [1.165, 1.54) is 77.5 Å². The molecular weight excluding hydrogens is 738 g/mol. The normalized spacial score (nSPS) is 16.6. The van der Waals surface area contributed by atoms with Crippen LogP contribution in [-0.4, -0.2) is 51.4 Å². The molecule has 0 radical (unpaired) electrons. The topological polar surface area (TPSA) is 17.9 Å². The summed E-state index contributed by atoms with van der Waals surface area (Å²) in [5.74, 6) is 9.32. The van der Waals surface area contributed by atoms with Crippen molar-refractivity contribution in [1.82, 2.24) is 23.5 Å². The molecule has 0 bridgehead atoms. The Bertz CT molecular complexity index is 3150. The van der Waals surface area contributed by atoms with Crippen molar-refractivity contribution in [2.24, 2.45) is 0 Å². The molecule has 13 rings (SSSR count). The Hall–Kier alpha value is -7.50. The van der Waals surface area contributed by atoms with Crippen LogP contribution in [-0.2, 0) is 0 Å². The van der Waals surface area contributed by atoms with Gasteiger partial charge in [0, 0.05) is 16.5 Å². The summed E-state index contributed by atoms with van der Waals surface area (Å²) in [6, 6.07) is 49.7. The number of fused-ring (bicyclic) bond motifs is 19. The summed E-state index contributed by atoms with van der Waals surface area (Å²) in [4.78, 5) is 0. The van der Waals surface area contributed by atoms with Crippen LogP contribution in [0.1, 0.15) is 5.56 Å². The second-order valence-corrected chi connectivity index (χ2v) is 16.5. The molecule has 1 aliphatic carbocycles. The molecule has 0 unspecified atom stereocenters. The van der Waals surface area contributed by atoms with Gasteiger partial charge in [-0.1, -0.05) is 151 Å². The molecule has 0 saturated carbocycles. The van der Waals surface area contributed by atoms with E-state index in [-0.39, 0.29) is 27.9 Å². The van der Waals surface area contributed by atoms with Gasteiger partial charge in [-0.2, -0.15) is 0 Å². The Morgan fingerprint density at radius 3 is 1.36 bits per heavy atom. The van der Waals surface area contributed by atoms with Crippen LogP contribution < -0.4 is 0 Å². The fourth-order valence-corrected chi connectivity index (χ4v) is 10.6. The van der Waals surface area contributed by atoms with E-state index in [1.807, 2.05) is 0 Å². The van der Waals surface area contributed by atoms with Gasteiger partial charge in [0.1, 0.15) is 0 Å². The number of para-hydroxylation sites is 2. The maximum Gasteiger partial charge on any atom is 0.380 e. The lowest BCUT2D eigenvalue weighted by atomic mass is 9.41. The molecule has 6 aromatic carbocycles. The van der Waals surface area contributed by atoms with Gasteiger partial charge in [0.25, 0.3) is 0 Å². The van der Waals surface area contributed by atoms with Crippen LogP contribution in [0.3, 0.4) is 0 Å². The predicted octanol–water partition coefficient (Wildman–Crippen LogP) is 11.3. The van der Waals surface area contributed by atoms with Gasteiger partial charge in [-0.3, -0.25) is 0 Å². The highest BCUT2D eigenvalue weighted by molar-refractivity contribution is 6.92. The summed E-state index contributed by atoms with van der Waals surface area (Å²) in [7, 11) is 0. The van der Waals surface area contributed by atoms with Gasteiger partial charge in [-0.25, -0.2) is 0 Å². The lowest BCUT2D eigenvalue weighted by Gasteiger charge is -2.53. The minimum Gasteiger partial charge on any atom is -0.423 e. The molecule has 6 aliphatic rings. The van der Waals surface area contributed by atoms with Gasteiger partial charge in [0.05, 0.1) is 11.0 Å². The third kappa shape index (κ3) is 5.20. The van der Waals surface area contributed by atoms with E-state index >= 15 is 0 Å². The third-order valence-electron chi connectivity index (χ3n) is 13.3. The average molecular weight is 775 g/mol. The Kier molecular flexibility index (Phi) is 7.62. The quantitative estimate of drug-likeness (QED) is 0.163. The Balaban J connectivity index is 0.959. The first-order valence-electron chi connectivity index (χ1n) is 21.3. The van der Waals surface area contributed by atoms with Crippen molar-refractivity contribution in [3.05, 3.63) is 230 Å². The smallest absolute Gasteiger partial charge is 0.380 e. The number of hydrogen-bond donors (Lipinski definition) is 0. The Morgan fingerprint density at radius 2 is 0.787 bits per heavy atom. The van der Waals surface area contributed by atoms with Crippen LogP contribution in [0.5, 0.6) is 0 Å². The zero-order valence-electron chi connectivity index (χ0n) is 33.4. The van der Waals surface area contributed by atoms with Gasteiger partial charge in [-0.05, 0) is 129 Å². The molecule has 6 heterocycles. The minimum absolute atomic E-state index is 0.0136. The number of benzene rings is 6. The molecule has 0 amide bonds. The summed E-state index contributed by atoms with van der Waals surface area (Å²) in [5, 5.41) is 2.54. The summed E-state index contributed by atoms with van der Waals surface area (Å²) < 4.78 is 12.4. The molecule has 0 spiro atoms. The molecule has 282 valence electrons. The van der Waals surface area contributed by atoms with E-state index in [4.69, 9.17) is 0 Å². The third-order valence-corrected chi connectivity index (χ3v) is 13.3. The largest absolute Gasteiger partial charge is 0.423 e. The molecule has 0 N–H and O–H groups in total. The lowest BCUT2D eigenvalue weighted by molar-refractivity contribution is 0.622. The van der Waals surface area contributed by atoms with Crippen LogP contribution in [0, 0.1) is 0 Å². The molecule has 1 aromatic heterocycles. The molecule has 7 aromatic rings. The van der Waals surface area contributed by atoms with Crippen molar-refractivity contribution in [3.8, 4) is 50.2 Å².